The number of hydrogen-bond acceptors (Lipinski definition) is 2. The van der Waals surface area contributed by atoms with Crippen molar-refractivity contribution >= 4 is 44.3 Å². The second-order valence-electron chi connectivity index (χ2n) is 12.6. The van der Waals surface area contributed by atoms with Crippen LogP contribution in [-0.4, -0.2) is 13.1 Å². The summed E-state index contributed by atoms with van der Waals surface area (Å²) in [5.74, 6) is 0. The summed E-state index contributed by atoms with van der Waals surface area (Å²) in [6, 6.07) is 49.9. The zero-order valence-corrected chi connectivity index (χ0v) is 26.4. The van der Waals surface area contributed by atoms with Crippen LogP contribution in [-0.2, 0) is 12.8 Å². The highest BCUT2D eigenvalue weighted by Crippen LogP contribution is 2.45. The maximum Gasteiger partial charge on any atom is 0.0452 e. The van der Waals surface area contributed by atoms with Crippen molar-refractivity contribution in [2.75, 3.05) is 22.9 Å². The van der Waals surface area contributed by atoms with Crippen molar-refractivity contribution in [3.05, 3.63) is 156 Å². The predicted octanol–water partition coefficient (Wildman–Crippen LogP) is 11.5. The highest BCUT2D eigenvalue weighted by molar-refractivity contribution is 6.09. The Labute approximate surface area is 271 Å². The Bertz CT molecular complexity index is 2150. The standard InChI is InChI=1S/C44H36N2/c1-3-45(43-17-9-15-39-35-13-7-5-11-29(35)27-41(39)43)33-21-23-37-31(25-33)19-20-32-26-34(22-24-38(32)37)46(4-2)44-18-10-16-40-36-14-8-6-12-30(36)28-42(40)44/h5-26H,3-4,27-28H2,1-2H3. The SMILES string of the molecule is CCN(c1ccc2c(ccc3cc(N(CC)c4cccc5c4Cc4ccccc4-5)ccc32)c1)c1cccc2c1Cc1ccccc1-2. The third-order valence-electron chi connectivity index (χ3n) is 10.3. The van der Waals surface area contributed by atoms with Crippen LogP contribution < -0.4 is 9.80 Å². The number of nitrogens with zero attached hydrogens (tertiary/aromatic N) is 2. The van der Waals surface area contributed by atoms with Gasteiger partial charge in [0.2, 0.25) is 0 Å². The molecule has 0 saturated carbocycles. The molecule has 46 heavy (non-hydrogen) atoms. The molecule has 2 heteroatoms. The van der Waals surface area contributed by atoms with Crippen LogP contribution in [0.25, 0.3) is 43.8 Å². The Morgan fingerprint density at radius 2 is 0.870 bits per heavy atom. The van der Waals surface area contributed by atoms with E-state index in [1.807, 2.05) is 0 Å². The van der Waals surface area contributed by atoms with Gasteiger partial charge in [-0.05, 0) is 116 Å². The fraction of sp³-hybridized carbons (Fsp3) is 0.136. The van der Waals surface area contributed by atoms with Gasteiger partial charge in [0.05, 0.1) is 0 Å². The predicted molar refractivity (Wildman–Crippen MR) is 196 cm³/mol. The minimum absolute atomic E-state index is 0.913. The first kappa shape index (κ1) is 27.0. The van der Waals surface area contributed by atoms with Crippen LogP contribution in [0.4, 0.5) is 22.7 Å². The molecule has 0 atom stereocenters. The van der Waals surface area contributed by atoms with Gasteiger partial charge in [0, 0.05) is 48.7 Å². The molecule has 7 aromatic rings. The molecule has 7 aromatic carbocycles. The molecule has 0 radical (unpaired) electrons. The lowest BCUT2D eigenvalue weighted by Crippen LogP contribution is -2.17. The van der Waals surface area contributed by atoms with E-state index in [4.69, 9.17) is 0 Å². The molecule has 222 valence electrons. The molecule has 0 spiro atoms. The lowest BCUT2D eigenvalue weighted by atomic mass is 9.99. The first-order valence-corrected chi connectivity index (χ1v) is 16.6. The largest absolute Gasteiger partial charge is 0.342 e. The van der Waals surface area contributed by atoms with E-state index in [2.05, 4.69) is 157 Å². The van der Waals surface area contributed by atoms with Crippen molar-refractivity contribution in [1.82, 2.24) is 0 Å². The monoisotopic (exact) mass is 592 g/mol. The van der Waals surface area contributed by atoms with Crippen LogP contribution in [0, 0.1) is 0 Å². The molecule has 0 aliphatic heterocycles. The molecule has 0 amide bonds. The van der Waals surface area contributed by atoms with Gasteiger partial charge in [-0.15, -0.1) is 0 Å². The van der Waals surface area contributed by atoms with Gasteiger partial charge in [-0.2, -0.15) is 0 Å². The fourth-order valence-corrected chi connectivity index (χ4v) is 8.15. The summed E-state index contributed by atoms with van der Waals surface area (Å²) in [5.41, 5.74) is 16.3. The summed E-state index contributed by atoms with van der Waals surface area (Å²) < 4.78 is 0. The van der Waals surface area contributed by atoms with Crippen LogP contribution in [0.5, 0.6) is 0 Å². The molecule has 0 N–H and O–H groups in total. The van der Waals surface area contributed by atoms with Crippen molar-refractivity contribution in [1.29, 1.82) is 0 Å². The Balaban J connectivity index is 1.07. The summed E-state index contributed by atoms with van der Waals surface area (Å²) in [6.45, 7) is 6.34. The Morgan fingerprint density at radius 3 is 1.33 bits per heavy atom. The summed E-state index contributed by atoms with van der Waals surface area (Å²) in [4.78, 5) is 4.96. The van der Waals surface area contributed by atoms with Crippen LogP contribution >= 0.6 is 0 Å². The number of anilines is 4. The second-order valence-corrected chi connectivity index (χ2v) is 12.6. The molecule has 2 nitrogen and oxygen atoms in total. The first-order chi connectivity index (χ1) is 22.7. The van der Waals surface area contributed by atoms with Gasteiger partial charge in [0.15, 0.2) is 0 Å². The van der Waals surface area contributed by atoms with Crippen LogP contribution in [0.1, 0.15) is 36.1 Å². The normalized spacial score (nSPS) is 12.6. The summed E-state index contributed by atoms with van der Waals surface area (Å²) >= 11 is 0. The maximum atomic E-state index is 2.48. The van der Waals surface area contributed by atoms with E-state index < -0.39 is 0 Å². The first-order valence-electron chi connectivity index (χ1n) is 16.6. The van der Waals surface area contributed by atoms with Crippen molar-refractivity contribution in [3.8, 4) is 22.3 Å². The van der Waals surface area contributed by atoms with Gasteiger partial charge < -0.3 is 9.80 Å². The Morgan fingerprint density at radius 1 is 0.435 bits per heavy atom. The molecular weight excluding hydrogens is 556 g/mol. The molecule has 0 aromatic heterocycles. The Hall–Kier alpha value is -5.34. The van der Waals surface area contributed by atoms with E-state index >= 15 is 0 Å². The number of hydrogen-bond donors (Lipinski definition) is 0. The highest BCUT2D eigenvalue weighted by atomic mass is 15.1. The minimum Gasteiger partial charge on any atom is -0.342 e. The highest BCUT2D eigenvalue weighted by Gasteiger charge is 2.25. The maximum absolute atomic E-state index is 2.48. The van der Waals surface area contributed by atoms with Crippen molar-refractivity contribution in [2.45, 2.75) is 26.7 Å². The lowest BCUT2D eigenvalue weighted by Gasteiger charge is -2.27. The zero-order valence-electron chi connectivity index (χ0n) is 26.4. The summed E-state index contributed by atoms with van der Waals surface area (Å²) in [7, 11) is 0. The van der Waals surface area contributed by atoms with E-state index in [0.29, 0.717) is 0 Å². The second kappa shape index (κ2) is 10.6. The van der Waals surface area contributed by atoms with Crippen LogP contribution in [0.3, 0.4) is 0 Å². The van der Waals surface area contributed by atoms with Gasteiger partial charge in [0.25, 0.3) is 0 Å². The topological polar surface area (TPSA) is 6.48 Å². The Kier molecular flexibility index (Phi) is 6.24. The van der Waals surface area contributed by atoms with E-state index in [-0.39, 0.29) is 0 Å². The molecule has 0 fully saturated rings. The molecule has 0 unspecified atom stereocenters. The molecular formula is C44H36N2. The quantitative estimate of drug-likeness (QED) is 0.177. The van der Waals surface area contributed by atoms with Crippen LogP contribution in [0.15, 0.2) is 133 Å². The fourth-order valence-electron chi connectivity index (χ4n) is 8.15. The van der Waals surface area contributed by atoms with E-state index in [0.717, 1.165) is 25.9 Å². The smallest absolute Gasteiger partial charge is 0.0452 e. The van der Waals surface area contributed by atoms with E-state index in [9.17, 15) is 0 Å². The van der Waals surface area contributed by atoms with E-state index in [1.165, 1.54) is 88.8 Å². The minimum atomic E-state index is 0.913. The molecule has 9 rings (SSSR count). The van der Waals surface area contributed by atoms with Crippen LogP contribution in [0.2, 0.25) is 0 Å². The number of fused-ring (bicyclic) bond motifs is 9. The summed E-state index contributed by atoms with van der Waals surface area (Å²) in [6.07, 6.45) is 1.98. The summed E-state index contributed by atoms with van der Waals surface area (Å²) in [5, 5.41) is 5.15. The van der Waals surface area contributed by atoms with Crippen molar-refractivity contribution in [3.63, 3.8) is 0 Å². The average Bonchev–Trinajstić information content (AvgIpc) is 3.68. The lowest BCUT2D eigenvalue weighted by molar-refractivity contribution is 1.01. The molecule has 0 saturated heterocycles. The van der Waals surface area contributed by atoms with Gasteiger partial charge in [-0.1, -0.05) is 97.1 Å². The number of benzene rings is 7. The van der Waals surface area contributed by atoms with Gasteiger partial charge in [-0.3, -0.25) is 0 Å². The van der Waals surface area contributed by atoms with Gasteiger partial charge in [0.1, 0.15) is 0 Å². The number of rotatable bonds is 6. The molecule has 2 aliphatic carbocycles. The van der Waals surface area contributed by atoms with Crippen molar-refractivity contribution < 1.29 is 0 Å². The van der Waals surface area contributed by atoms with Gasteiger partial charge >= 0.3 is 0 Å². The van der Waals surface area contributed by atoms with Gasteiger partial charge in [-0.25, -0.2) is 0 Å². The third-order valence-corrected chi connectivity index (χ3v) is 10.3. The van der Waals surface area contributed by atoms with E-state index in [1.54, 1.807) is 0 Å². The average molecular weight is 593 g/mol. The molecule has 0 heterocycles. The zero-order chi connectivity index (χ0) is 30.8. The third kappa shape index (κ3) is 4.10. The molecule has 0 bridgehead atoms. The molecule has 2 aliphatic rings. The van der Waals surface area contributed by atoms with Crippen molar-refractivity contribution in [2.24, 2.45) is 0 Å².